The molecule has 218 valence electrons. The molecule has 1 aliphatic carbocycles. The van der Waals surface area contributed by atoms with E-state index in [1.807, 2.05) is 0 Å². The van der Waals surface area contributed by atoms with Crippen LogP contribution in [0.2, 0.25) is 5.02 Å². The minimum absolute atomic E-state index is 0.0651. The number of amides is 1. The van der Waals surface area contributed by atoms with Crippen LogP contribution in [0.5, 0.6) is 5.75 Å². The number of carbonyl (C=O) groups excluding carboxylic acids is 1. The molecule has 2 N–H and O–H groups in total. The molecule has 39 heavy (non-hydrogen) atoms. The Morgan fingerprint density at radius 3 is 2.46 bits per heavy atom. The maximum absolute atomic E-state index is 13.4. The molecule has 0 unspecified atom stereocenters. The summed E-state index contributed by atoms with van der Waals surface area (Å²) in [6.07, 6.45) is -1.56. The Labute approximate surface area is 229 Å². The zero-order valence-corrected chi connectivity index (χ0v) is 23.2. The molecule has 3 rings (SSSR count). The van der Waals surface area contributed by atoms with E-state index in [0.717, 1.165) is 45.6 Å². The number of aromatic nitrogens is 2. The molecule has 1 fully saturated rings. The van der Waals surface area contributed by atoms with Gasteiger partial charge in [-0.2, -0.15) is 27.1 Å². The van der Waals surface area contributed by atoms with Crippen LogP contribution < -0.4 is 10.1 Å². The molecule has 0 atom stereocenters. The number of hydrogen-bond donors (Lipinski definition) is 2. The van der Waals surface area contributed by atoms with Crippen molar-refractivity contribution in [3.8, 4) is 17.0 Å². The molecule has 1 aromatic carbocycles. The number of ether oxygens (including phenoxy) is 1. The molecule has 0 spiro atoms. The van der Waals surface area contributed by atoms with Crippen molar-refractivity contribution in [2.75, 3.05) is 13.2 Å². The predicted octanol–water partition coefficient (Wildman–Crippen LogP) is 6.87. The molecule has 0 saturated heterocycles. The van der Waals surface area contributed by atoms with Gasteiger partial charge >= 0.3 is 12.8 Å². The average Bonchev–Trinajstić information content (AvgIpc) is 3.19. The van der Waals surface area contributed by atoms with Gasteiger partial charge in [0.2, 0.25) is 0 Å². The molecule has 1 amide bonds. The van der Waals surface area contributed by atoms with Crippen LogP contribution in [0, 0.1) is 16.7 Å². The highest BCUT2D eigenvalue weighted by Gasteiger charge is 2.47. The topological polar surface area (TPSA) is 76.4 Å². The van der Waals surface area contributed by atoms with Gasteiger partial charge in [-0.15, -0.1) is 0 Å². The molecular formula is C27H35ClF5N3O3. The summed E-state index contributed by atoms with van der Waals surface area (Å²) in [5.74, 6) is -0.410. The Balaban J connectivity index is 1.94. The first-order valence-electron chi connectivity index (χ1n) is 12.9. The van der Waals surface area contributed by atoms with Gasteiger partial charge < -0.3 is 15.2 Å². The van der Waals surface area contributed by atoms with Gasteiger partial charge in [0.05, 0.1) is 22.7 Å². The van der Waals surface area contributed by atoms with E-state index < -0.39 is 35.9 Å². The Morgan fingerprint density at radius 1 is 1.28 bits per heavy atom. The van der Waals surface area contributed by atoms with E-state index in [9.17, 15) is 31.9 Å². The fraction of sp³-hybridized carbons (Fsp3) is 0.630. The summed E-state index contributed by atoms with van der Waals surface area (Å²) in [7, 11) is 0. The van der Waals surface area contributed by atoms with Gasteiger partial charge in [-0.05, 0) is 49.8 Å². The predicted molar refractivity (Wildman–Crippen MR) is 138 cm³/mol. The summed E-state index contributed by atoms with van der Waals surface area (Å²) in [4.78, 5) is 13.1. The van der Waals surface area contributed by atoms with E-state index in [2.05, 4.69) is 22.1 Å². The van der Waals surface area contributed by atoms with Gasteiger partial charge in [0.25, 0.3) is 5.91 Å². The van der Waals surface area contributed by atoms with E-state index in [0.29, 0.717) is 5.92 Å². The van der Waals surface area contributed by atoms with E-state index in [-0.39, 0.29) is 53.0 Å². The SMILES string of the molecule is CCn1nc(C(=O)NCC2(CO)CCC(C)CC2)c(Cl)c1-c1ccc(CC(C)(C)C(F)(F)F)cc1OC(F)F. The van der Waals surface area contributed by atoms with Crippen molar-refractivity contribution in [2.24, 2.45) is 16.7 Å². The molecule has 1 aromatic heterocycles. The van der Waals surface area contributed by atoms with Crippen LogP contribution in [-0.2, 0) is 13.0 Å². The summed E-state index contributed by atoms with van der Waals surface area (Å²) in [5.41, 5.74) is -2.34. The number of hydrogen-bond acceptors (Lipinski definition) is 4. The molecule has 0 aliphatic heterocycles. The van der Waals surface area contributed by atoms with E-state index >= 15 is 0 Å². The van der Waals surface area contributed by atoms with Crippen LogP contribution in [0.4, 0.5) is 22.0 Å². The number of aryl methyl sites for hydroxylation is 1. The molecule has 0 radical (unpaired) electrons. The summed E-state index contributed by atoms with van der Waals surface area (Å²) >= 11 is 6.58. The second-order valence-electron chi connectivity index (χ2n) is 11.1. The second-order valence-corrected chi connectivity index (χ2v) is 11.5. The monoisotopic (exact) mass is 579 g/mol. The first kappa shape index (κ1) is 31.1. The third-order valence-corrected chi connectivity index (χ3v) is 7.99. The number of halogens is 6. The van der Waals surface area contributed by atoms with Gasteiger partial charge in [0.15, 0.2) is 5.69 Å². The Bertz CT molecular complexity index is 1160. The largest absolute Gasteiger partial charge is 0.434 e. The van der Waals surface area contributed by atoms with Crippen molar-refractivity contribution in [1.29, 1.82) is 0 Å². The highest BCUT2D eigenvalue weighted by Crippen LogP contribution is 2.43. The van der Waals surface area contributed by atoms with Gasteiger partial charge in [0.1, 0.15) is 5.75 Å². The number of nitrogens with one attached hydrogen (secondary N) is 1. The highest BCUT2D eigenvalue weighted by atomic mass is 35.5. The molecular weight excluding hydrogens is 545 g/mol. The summed E-state index contributed by atoms with van der Waals surface area (Å²) in [5, 5.41) is 17.0. The zero-order chi connectivity index (χ0) is 29.2. The second kappa shape index (κ2) is 12.0. The number of aliphatic hydroxyl groups is 1. The Morgan fingerprint density at radius 2 is 1.92 bits per heavy atom. The number of nitrogens with zero attached hydrogens (tertiary/aromatic N) is 2. The van der Waals surface area contributed by atoms with E-state index in [1.54, 1.807) is 6.92 Å². The van der Waals surface area contributed by atoms with Gasteiger partial charge in [-0.3, -0.25) is 9.48 Å². The lowest BCUT2D eigenvalue weighted by atomic mass is 9.71. The van der Waals surface area contributed by atoms with Crippen molar-refractivity contribution in [1.82, 2.24) is 15.1 Å². The molecule has 12 heteroatoms. The minimum atomic E-state index is -4.51. The maximum atomic E-state index is 13.4. The summed E-state index contributed by atoms with van der Waals surface area (Å²) in [6, 6.07) is 3.87. The number of aliphatic hydroxyl groups excluding tert-OH is 1. The van der Waals surface area contributed by atoms with Crippen LogP contribution in [0.25, 0.3) is 11.3 Å². The fourth-order valence-electron chi connectivity index (χ4n) is 4.86. The first-order chi connectivity index (χ1) is 18.1. The van der Waals surface area contributed by atoms with Gasteiger partial charge in [-0.1, -0.05) is 51.3 Å². The number of benzene rings is 1. The molecule has 0 bridgehead atoms. The lowest BCUT2D eigenvalue weighted by Gasteiger charge is -2.38. The third-order valence-electron chi connectivity index (χ3n) is 7.63. The summed E-state index contributed by atoms with van der Waals surface area (Å²) in [6.45, 7) is 3.03. The lowest BCUT2D eigenvalue weighted by Crippen LogP contribution is -2.42. The Kier molecular flexibility index (Phi) is 9.58. The number of carbonyl (C=O) groups is 1. The van der Waals surface area contributed by atoms with Crippen LogP contribution in [0.15, 0.2) is 18.2 Å². The maximum Gasteiger partial charge on any atom is 0.394 e. The fourth-order valence-corrected chi connectivity index (χ4v) is 5.19. The van der Waals surface area contributed by atoms with E-state index in [1.165, 1.54) is 16.8 Å². The smallest absolute Gasteiger partial charge is 0.394 e. The number of rotatable bonds is 10. The highest BCUT2D eigenvalue weighted by molar-refractivity contribution is 6.36. The lowest BCUT2D eigenvalue weighted by molar-refractivity contribution is -0.211. The van der Waals surface area contributed by atoms with Crippen LogP contribution >= 0.6 is 11.6 Å². The van der Waals surface area contributed by atoms with Crippen LogP contribution in [0.1, 0.15) is 69.4 Å². The minimum Gasteiger partial charge on any atom is -0.434 e. The van der Waals surface area contributed by atoms with Gasteiger partial charge in [-0.25, -0.2) is 0 Å². The van der Waals surface area contributed by atoms with Crippen molar-refractivity contribution < 1.29 is 36.6 Å². The number of alkyl halides is 5. The average molecular weight is 580 g/mol. The molecule has 1 aliphatic rings. The van der Waals surface area contributed by atoms with Crippen LogP contribution in [0.3, 0.4) is 0 Å². The van der Waals surface area contributed by atoms with Crippen molar-refractivity contribution in [2.45, 2.75) is 79.1 Å². The van der Waals surface area contributed by atoms with Crippen molar-refractivity contribution >= 4 is 17.5 Å². The molecule has 6 nitrogen and oxygen atoms in total. The van der Waals surface area contributed by atoms with Crippen molar-refractivity contribution in [3.63, 3.8) is 0 Å². The first-order valence-corrected chi connectivity index (χ1v) is 13.3. The standard InChI is InChI=1S/C27H35ClF5N3O3/c1-5-36-22(18-7-6-17(12-19(18)39-24(29)30)13-25(3,4)27(31,32)33)20(28)21(35-36)23(38)34-14-26(15-37)10-8-16(2)9-11-26/h6-7,12,16,24,37H,5,8-11,13-15H2,1-4H3,(H,34,38). The van der Waals surface area contributed by atoms with Crippen molar-refractivity contribution in [3.05, 3.63) is 34.5 Å². The summed E-state index contributed by atoms with van der Waals surface area (Å²) < 4.78 is 72.9. The van der Waals surface area contributed by atoms with E-state index in [4.69, 9.17) is 11.6 Å². The molecule has 1 heterocycles. The van der Waals surface area contributed by atoms with Gasteiger partial charge in [0, 0.05) is 24.1 Å². The molecule has 1 saturated carbocycles. The Hall–Kier alpha value is -2.40. The van der Waals surface area contributed by atoms with Crippen LogP contribution in [-0.4, -0.2) is 46.7 Å². The quantitative estimate of drug-likeness (QED) is 0.301. The molecule has 2 aromatic rings. The third kappa shape index (κ3) is 7.03. The normalized spacial score (nSPS) is 20.4. The zero-order valence-electron chi connectivity index (χ0n) is 22.5.